The molecule has 1 aliphatic heterocycles. The zero-order valence-electron chi connectivity index (χ0n) is 10.0. The van der Waals surface area contributed by atoms with Crippen molar-refractivity contribution in [2.45, 2.75) is 18.8 Å². The smallest absolute Gasteiger partial charge is 0.0938 e. The molecule has 0 radical (unpaired) electrons. The van der Waals surface area contributed by atoms with Crippen LogP contribution in [0.5, 0.6) is 0 Å². The second-order valence-corrected chi connectivity index (χ2v) is 4.82. The van der Waals surface area contributed by atoms with E-state index < -0.39 is 12.2 Å². The summed E-state index contributed by atoms with van der Waals surface area (Å²) in [5.74, 6) is 0. The highest BCUT2D eigenvalue weighted by Crippen LogP contribution is 2.20. The molecule has 0 aliphatic carbocycles. The standard InChI is InChI=1S/C14H16N2O2/c17-12-8-16(9-13(12)18)7-11-4-1-3-10-5-2-6-15-14(10)11/h1-6,12-13,17-18H,7-9H2/t12-,13+. The molecule has 1 fully saturated rings. The number of pyridine rings is 1. The van der Waals surface area contributed by atoms with E-state index in [9.17, 15) is 10.2 Å². The number of hydrogen-bond donors (Lipinski definition) is 2. The summed E-state index contributed by atoms with van der Waals surface area (Å²) in [6.07, 6.45) is 0.528. The van der Waals surface area contributed by atoms with Gasteiger partial charge >= 0.3 is 0 Å². The number of aromatic nitrogens is 1. The van der Waals surface area contributed by atoms with Crippen LogP contribution in [0.15, 0.2) is 36.5 Å². The Kier molecular flexibility index (Phi) is 2.99. The monoisotopic (exact) mass is 244 g/mol. The van der Waals surface area contributed by atoms with Crippen LogP contribution in [0, 0.1) is 0 Å². The maximum atomic E-state index is 9.55. The SMILES string of the molecule is O[C@@H]1CN(Cc2cccc3cccnc23)C[C@@H]1O. The Bertz CT molecular complexity index is 543. The Balaban J connectivity index is 1.87. The number of likely N-dealkylation sites (tertiary alicyclic amines) is 1. The van der Waals surface area contributed by atoms with Crippen molar-refractivity contribution in [2.75, 3.05) is 13.1 Å². The molecule has 2 atom stereocenters. The lowest BCUT2D eigenvalue weighted by Gasteiger charge is -2.15. The summed E-state index contributed by atoms with van der Waals surface area (Å²) in [5.41, 5.74) is 2.13. The number of rotatable bonds is 2. The van der Waals surface area contributed by atoms with Gasteiger partial charge < -0.3 is 10.2 Å². The number of nitrogens with zero attached hydrogens (tertiary/aromatic N) is 2. The first-order chi connectivity index (χ1) is 8.74. The van der Waals surface area contributed by atoms with E-state index in [4.69, 9.17) is 0 Å². The van der Waals surface area contributed by atoms with Crippen molar-refractivity contribution in [1.82, 2.24) is 9.88 Å². The van der Waals surface area contributed by atoms with Crippen LogP contribution in [0.2, 0.25) is 0 Å². The van der Waals surface area contributed by atoms with Gasteiger partial charge in [0.1, 0.15) is 0 Å². The van der Waals surface area contributed by atoms with Gasteiger partial charge in [0.05, 0.1) is 17.7 Å². The molecule has 1 aromatic carbocycles. The van der Waals surface area contributed by atoms with Crippen molar-refractivity contribution in [3.63, 3.8) is 0 Å². The topological polar surface area (TPSA) is 56.6 Å². The molecule has 2 N–H and O–H groups in total. The summed E-state index contributed by atoms with van der Waals surface area (Å²) < 4.78 is 0. The quantitative estimate of drug-likeness (QED) is 0.819. The second-order valence-electron chi connectivity index (χ2n) is 4.82. The van der Waals surface area contributed by atoms with Crippen LogP contribution in [0.4, 0.5) is 0 Å². The number of hydrogen-bond acceptors (Lipinski definition) is 4. The molecule has 0 spiro atoms. The maximum absolute atomic E-state index is 9.55. The average molecular weight is 244 g/mol. The van der Waals surface area contributed by atoms with Crippen LogP contribution in [0.3, 0.4) is 0 Å². The first kappa shape index (κ1) is 11.6. The fraction of sp³-hybridized carbons (Fsp3) is 0.357. The maximum Gasteiger partial charge on any atom is 0.0938 e. The molecule has 4 heteroatoms. The predicted molar refractivity (Wildman–Crippen MR) is 69.0 cm³/mol. The molecule has 1 aliphatic rings. The van der Waals surface area contributed by atoms with Crippen LogP contribution in [-0.2, 0) is 6.54 Å². The summed E-state index contributed by atoms with van der Waals surface area (Å²) in [6.45, 7) is 1.75. The Morgan fingerprint density at radius 1 is 1.11 bits per heavy atom. The van der Waals surface area contributed by atoms with E-state index in [2.05, 4.69) is 9.88 Å². The summed E-state index contributed by atoms with van der Waals surface area (Å²) in [7, 11) is 0. The van der Waals surface area contributed by atoms with Crippen molar-refractivity contribution < 1.29 is 10.2 Å². The van der Waals surface area contributed by atoms with Gasteiger partial charge in [0.2, 0.25) is 0 Å². The third kappa shape index (κ3) is 2.10. The van der Waals surface area contributed by atoms with E-state index in [1.165, 1.54) is 0 Å². The molecular formula is C14H16N2O2. The fourth-order valence-electron chi connectivity index (χ4n) is 2.51. The molecule has 1 aromatic heterocycles. The van der Waals surface area contributed by atoms with Crippen molar-refractivity contribution >= 4 is 10.9 Å². The Morgan fingerprint density at radius 2 is 1.83 bits per heavy atom. The molecule has 3 rings (SSSR count). The zero-order valence-corrected chi connectivity index (χ0v) is 10.0. The lowest BCUT2D eigenvalue weighted by Crippen LogP contribution is -2.22. The van der Waals surface area contributed by atoms with Gasteiger partial charge in [0.25, 0.3) is 0 Å². The summed E-state index contributed by atoms with van der Waals surface area (Å²) in [6, 6.07) is 10.1. The van der Waals surface area contributed by atoms with Crippen molar-refractivity contribution in [3.8, 4) is 0 Å². The third-order valence-corrected chi connectivity index (χ3v) is 3.44. The number of aliphatic hydroxyl groups excluding tert-OH is 2. The normalized spacial score (nSPS) is 24.8. The van der Waals surface area contributed by atoms with Crippen molar-refractivity contribution in [2.24, 2.45) is 0 Å². The largest absolute Gasteiger partial charge is 0.389 e. The van der Waals surface area contributed by atoms with Crippen LogP contribution in [-0.4, -0.2) is 45.4 Å². The van der Waals surface area contributed by atoms with Gasteiger partial charge in [-0.1, -0.05) is 24.3 Å². The molecule has 4 nitrogen and oxygen atoms in total. The van der Waals surface area contributed by atoms with Gasteiger partial charge in [-0.25, -0.2) is 0 Å². The van der Waals surface area contributed by atoms with Crippen LogP contribution >= 0.6 is 0 Å². The van der Waals surface area contributed by atoms with E-state index in [-0.39, 0.29) is 0 Å². The molecule has 0 saturated carbocycles. The molecule has 1 saturated heterocycles. The van der Waals surface area contributed by atoms with Gasteiger partial charge in [-0.15, -0.1) is 0 Å². The number of fused-ring (bicyclic) bond motifs is 1. The Labute approximate surface area is 105 Å². The van der Waals surface area contributed by atoms with Crippen LogP contribution < -0.4 is 0 Å². The lowest BCUT2D eigenvalue weighted by atomic mass is 10.1. The average Bonchev–Trinajstić information content (AvgIpc) is 2.69. The highest BCUT2D eigenvalue weighted by molar-refractivity contribution is 5.81. The first-order valence-corrected chi connectivity index (χ1v) is 6.15. The minimum absolute atomic E-state index is 0.518. The molecule has 94 valence electrons. The fourth-order valence-corrected chi connectivity index (χ4v) is 2.51. The minimum Gasteiger partial charge on any atom is -0.389 e. The van der Waals surface area contributed by atoms with E-state index in [0.717, 1.165) is 16.5 Å². The van der Waals surface area contributed by atoms with Gasteiger partial charge in [-0.3, -0.25) is 9.88 Å². The zero-order chi connectivity index (χ0) is 12.5. The highest BCUT2D eigenvalue weighted by Gasteiger charge is 2.29. The highest BCUT2D eigenvalue weighted by atomic mass is 16.3. The predicted octanol–water partition coefficient (Wildman–Crippen LogP) is 0.772. The molecule has 18 heavy (non-hydrogen) atoms. The Hall–Kier alpha value is -1.49. The van der Waals surface area contributed by atoms with Crippen LogP contribution in [0.1, 0.15) is 5.56 Å². The summed E-state index contributed by atoms with van der Waals surface area (Å²) >= 11 is 0. The van der Waals surface area contributed by atoms with Gasteiger partial charge in [-0.05, 0) is 11.6 Å². The number of para-hydroxylation sites is 1. The minimum atomic E-state index is -0.632. The third-order valence-electron chi connectivity index (χ3n) is 3.44. The second kappa shape index (κ2) is 4.65. The summed E-state index contributed by atoms with van der Waals surface area (Å²) in [5, 5.41) is 20.2. The first-order valence-electron chi connectivity index (χ1n) is 6.15. The van der Waals surface area contributed by atoms with E-state index >= 15 is 0 Å². The molecule has 2 heterocycles. The van der Waals surface area contributed by atoms with Gasteiger partial charge in [-0.2, -0.15) is 0 Å². The van der Waals surface area contributed by atoms with Gasteiger partial charge in [0, 0.05) is 31.2 Å². The molecule has 2 aromatic rings. The van der Waals surface area contributed by atoms with Crippen molar-refractivity contribution in [1.29, 1.82) is 0 Å². The molecule has 0 bridgehead atoms. The number of aliphatic hydroxyl groups is 2. The van der Waals surface area contributed by atoms with Crippen molar-refractivity contribution in [3.05, 3.63) is 42.1 Å². The number of benzene rings is 1. The molecule has 0 amide bonds. The van der Waals surface area contributed by atoms with Gasteiger partial charge in [0.15, 0.2) is 0 Å². The lowest BCUT2D eigenvalue weighted by molar-refractivity contribution is 0.0572. The molecular weight excluding hydrogens is 228 g/mol. The van der Waals surface area contributed by atoms with E-state index in [0.29, 0.717) is 19.6 Å². The number of β-amino-alcohol motifs (C(OH)–C–C–N with tert-alkyl or cyclic N) is 2. The summed E-state index contributed by atoms with van der Waals surface area (Å²) in [4.78, 5) is 6.46. The molecule has 0 unspecified atom stereocenters. The van der Waals surface area contributed by atoms with E-state index in [1.807, 2.05) is 30.3 Å². The van der Waals surface area contributed by atoms with E-state index in [1.54, 1.807) is 6.20 Å². The Morgan fingerprint density at radius 3 is 2.61 bits per heavy atom. The van der Waals surface area contributed by atoms with Crippen LogP contribution in [0.25, 0.3) is 10.9 Å².